The summed E-state index contributed by atoms with van der Waals surface area (Å²) < 4.78 is 7.09. The lowest BCUT2D eigenvalue weighted by Crippen LogP contribution is -2.31. The maximum absolute atomic E-state index is 5.55. The number of hydrogen-bond donors (Lipinski definition) is 2. The summed E-state index contributed by atoms with van der Waals surface area (Å²) in [6.45, 7) is 1.70. The highest BCUT2D eigenvalue weighted by molar-refractivity contribution is 5.01. The average Bonchev–Trinajstić information content (AvgIpc) is 2.85. The molecule has 2 heterocycles. The number of ether oxygens (including phenoxy) is 1. The largest absolute Gasteiger partial charge is 0.381 e. The van der Waals surface area contributed by atoms with Crippen LogP contribution in [0.15, 0.2) is 6.20 Å². The molecule has 2 unspecified atom stereocenters. The minimum atomic E-state index is 0.108. The summed E-state index contributed by atoms with van der Waals surface area (Å²) >= 11 is 0. The van der Waals surface area contributed by atoms with Gasteiger partial charge in [0, 0.05) is 20.3 Å². The summed E-state index contributed by atoms with van der Waals surface area (Å²) in [5, 5.41) is 7.75. The first-order valence-corrected chi connectivity index (χ1v) is 5.19. The Kier molecular flexibility index (Phi) is 3.30. The Hall–Kier alpha value is -0.980. The van der Waals surface area contributed by atoms with Gasteiger partial charge in [-0.25, -0.2) is 0 Å². The lowest BCUT2D eigenvalue weighted by Gasteiger charge is -2.18. The van der Waals surface area contributed by atoms with Crippen LogP contribution in [-0.4, -0.2) is 28.2 Å². The molecule has 1 aromatic rings. The second-order valence-electron chi connectivity index (χ2n) is 3.97. The molecule has 0 saturated carbocycles. The Labute approximate surface area is 88.7 Å². The van der Waals surface area contributed by atoms with E-state index in [0.29, 0.717) is 5.92 Å². The van der Waals surface area contributed by atoms with E-state index in [-0.39, 0.29) is 6.04 Å². The molecule has 1 fully saturated rings. The van der Waals surface area contributed by atoms with Gasteiger partial charge in [-0.15, -0.1) is 5.10 Å². The molecule has 0 aromatic carbocycles. The molecule has 15 heavy (non-hydrogen) atoms. The summed E-state index contributed by atoms with van der Waals surface area (Å²) in [6.07, 6.45) is 3.83. The number of nitrogens with two attached hydrogens (primary N) is 1. The Morgan fingerprint density at radius 2 is 2.67 bits per heavy atom. The molecule has 0 radical (unpaired) electrons. The quantitative estimate of drug-likeness (QED) is 0.530. The molecule has 6 heteroatoms. The topological polar surface area (TPSA) is 78.0 Å². The first-order chi connectivity index (χ1) is 7.31. The van der Waals surface area contributed by atoms with E-state index >= 15 is 0 Å². The highest BCUT2D eigenvalue weighted by Crippen LogP contribution is 2.25. The van der Waals surface area contributed by atoms with E-state index in [1.165, 1.54) is 0 Å². The number of nitrogens with zero attached hydrogens (tertiary/aromatic N) is 3. The molecule has 2 rings (SSSR count). The molecule has 6 nitrogen and oxygen atoms in total. The van der Waals surface area contributed by atoms with Crippen molar-refractivity contribution >= 4 is 0 Å². The van der Waals surface area contributed by atoms with Crippen molar-refractivity contribution in [2.75, 3.05) is 13.2 Å². The number of rotatable bonds is 4. The zero-order valence-electron chi connectivity index (χ0n) is 8.89. The van der Waals surface area contributed by atoms with Gasteiger partial charge >= 0.3 is 0 Å². The van der Waals surface area contributed by atoms with Crippen LogP contribution in [-0.2, 0) is 11.8 Å². The van der Waals surface area contributed by atoms with E-state index in [1.807, 2.05) is 7.05 Å². The van der Waals surface area contributed by atoms with Crippen molar-refractivity contribution in [1.82, 2.24) is 20.4 Å². The molecular formula is C9H17N5O. The standard InChI is InChI=1S/C9H17N5O/c1-14-9(5-11-13-14)8(12-10)4-7-2-3-15-6-7/h5,7-8,12H,2-4,6,10H2,1H3. The van der Waals surface area contributed by atoms with E-state index in [4.69, 9.17) is 10.6 Å². The second kappa shape index (κ2) is 4.69. The number of hydrogen-bond acceptors (Lipinski definition) is 5. The van der Waals surface area contributed by atoms with Crippen LogP contribution in [0.2, 0.25) is 0 Å². The molecule has 0 spiro atoms. The van der Waals surface area contributed by atoms with Crippen LogP contribution in [0.25, 0.3) is 0 Å². The van der Waals surface area contributed by atoms with Crippen molar-refractivity contribution in [2.24, 2.45) is 18.8 Å². The average molecular weight is 211 g/mol. The molecule has 1 aromatic heterocycles. The third-order valence-corrected chi connectivity index (χ3v) is 2.90. The fourth-order valence-electron chi connectivity index (χ4n) is 1.99. The maximum atomic E-state index is 5.55. The zero-order chi connectivity index (χ0) is 10.7. The van der Waals surface area contributed by atoms with E-state index < -0.39 is 0 Å². The van der Waals surface area contributed by atoms with Crippen molar-refractivity contribution in [1.29, 1.82) is 0 Å². The number of hydrazine groups is 1. The third kappa shape index (κ3) is 2.34. The van der Waals surface area contributed by atoms with Gasteiger partial charge in [-0.1, -0.05) is 5.21 Å². The Bertz CT molecular complexity index is 307. The summed E-state index contributed by atoms with van der Waals surface area (Å²) in [7, 11) is 1.87. The van der Waals surface area contributed by atoms with Crippen LogP contribution >= 0.6 is 0 Å². The maximum Gasteiger partial charge on any atom is 0.0766 e. The Balaban J connectivity index is 2.00. The molecule has 0 bridgehead atoms. The van der Waals surface area contributed by atoms with E-state index in [1.54, 1.807) is 10.9 Å². The van der Waals surface area contributed by atoms with E-state index in [2.05, 4.69) is 15.7 Å². The van der Waals surface area contributed by atoms with Gasteiger partial charge in [-0.05, 0) is 18.8 Å². The fraction of sp³-hybridized carbons (Fsp3) is 0.778. The van der Waals surface area contributed by atoms with Crippen molar-refractivity contribution in [3.63, 3.8) is 0 Å². The predicted molar refractivity (Wildman–Crippen MR) is 54.6 cm³/mol. The molecule has 1 aliphatic heterocycles. The summed E-state index contributed by atoms with van der Waals surface area (Å²) in [4.78, 5) is 0. The van der Waals surface area contributed by atoms with Crippen molar-refractivity contribution in [3.05, 3.63) is 11.9 Å². The van der Waals surface area contributed by atoms with Gasteiger partial charge in [-0.2, -0.15) is 0 Å². The lowest BCUT2D eigenvalue weighted by atomic mass is 9.98. The minimum Gasteiger partial charge on any atom is -0.381 e. The van der Waals surface area contributed by atoms with Crippen LogP contribution in [0.5, 0.6) is 0 Å². The minimum absolute atomic E-state index is 0.108. The van der Waals surface area contributed by atoms with Crippen molar-refractivity contribution in [2.45, 2.75) is 18.9 Å². The second-order valence-corrected chi connectivity index (χ2v) is 3.97. The van der Waals surface area contributed by atoms with Gasteiger partial charge < -0.3 is 4.74 Å². The highest BCUT2D eigenvalue weighted by Gasteiger charge is 2.23. The molecule has 1 saturated heterocycles. The smallest absolute Gasteiger partial charge is 0.0766 e. The van der Waals surface area contributed by atoms with Crippen LogP contribution in [0.1, 0.15) is 24.6 Å². The van der Waals surface area contributed by atoms with Crippen molar-refractivity contribution < 1.29 is 4.74 Å². The number of aryl methyl sites for hydroxylation is 1. The van der Waals surface area contributed by atoms with Gasteiger partial charge in [0.25, 0.3) is 0 Å². The van der Waals surface area contributed by atoms with Crippen LogP contribution in [0, 0.1) is 5.92 Å². The first-order valence-electron chi connectivity index (χ1n) is 5.19. The fourth-order valence-corrected chi connectivity index (χ4v) is 1.99. The van der Waals surface area contributed by atoms with Gasteiger partial charge in [0.1, 0.15) is 0 Å². The SMILES string of the molecule is Cn1nncc1C(CC1CCOC1)NN. The molecule has 0 aliphatic carbocycles. The monoisotopic (exact) mass is 211 g/mol. The zero-order valence-corrected chi connectivity index (χ0v) is 8.89. The number of nitrogens with one attached hydrogen (secondary N) is 1. The highest BCUT2D eigenvalue weighted by atomic mass is 16.5. The Morgan fingerprint density at radius 1 is 1.80 bits per heavy atom. The molecule has 0 amide bonds. The molecule has 84 valence electrons. The van der Waals surface area contributed by atoms with Gasteiger partial charge in [0.2, 0.25) is 0 Å². The normalized spacial score (nSPS) is 23.2. The van der Waals surface area contributed by atoms with Crippen LogP contribution in [0.4, 0.5) is 0 Å². The number of aromatic nitrogens is 3. The van der Waals surface area contributed by atoms with Crippen LogP contribution in [0.3, 0.4) is 0 Å². The molecule has 3 N–H and O–H groups in total. The lowest BCUT2D eigenvalue weighted by molar-refractivity contribution is 0.181. The van der Waals surface area contributed by atoms with E-state index in [0.717, 1.165) is 31.7 Å². The summed E-state index contributed by atoms with van der Waals surface area (Å²) in [5.74, 6) is 6.14. The predicted octanol–water partition coefficient (Wildman–Crippen LogP) is -0.254. The summed E-state index contributed by atoms with van der Waals surface area (Å²) in [6, 6.07) is 0.108. The molecular weight excluding hydrogens is 194 g/mol. The van der Waals surface area contributed by atoms with Gasteiger partial charge in [-0.3, -0.25) is 16.0 Å². The summed E-state index contributed by atoms with van der Waals surface area (Å²) in [5.41, 5.74) is 3.83. The van der Waals surface area contributed by atoms with Gasteiger partial charge in [0.15, 0.2) is 0 Å². The molecule has 2 atom stereocenters. The van der Waals surface area contributed by atoms with Gasteiger partial charge in [0.05, 0.1) is 17.9 Å². The molecule has 1 aliphatic rings. The van der Waals surface area contributed by atoms with Crippen LogP contribution < -0.4 is 11.3 Å². The van der Waals surface area contributed by atoms with Crippen molar-refractivity contribution in [3.8, 4) is 0 Å². The third-order valence-electron chi connectivity index (χ3n) is 2.90. The first kappa shape index (κ1) is 10.5. The van der Waals surface area contributed by atoms with E-state index in [9.17, 15) is 0 Å². The Morgan fingerprint density at radius 3 is 3.20 bits per heavy atom.